The SMILES string of the molecule is COc1ccc(-n2cc(-c3ccccc3)nc2NC(=O)CN(CC2CCCO2)C(=O)c2ccc3c(c2)OCO3)cc1OC. The number of carbonyl (C=O) groups is 2. The van der Waals surface area contributed by atoms with Gasteiger partial charge in [0.2, 0.25) is 18.6 Å². The maximum Gasteiger partial charge on any atom is 0.254 e. The van der Waals surface area contributed by atoms with Gasteiger partial charge in [-0.15, -0.1) is 0 Å². The first-order valence-corrected chi connectivity index (χ1v) is 14.0. The number of aromatic nitrogens is 2. The molecule has 43 heavy (non-hydrogen) atoms. The van der Waals surface area contributed by atoms with Crippen molar-refractivity contribution in [2.45, 2.75) is 18.9 Å². The normalized spacial score (nSPS) is 15.3. The number of rotatable bonds is 10. The third-order valence-corrected chi connectivity index (χ3v) is 7.36. The quantitative estimate of drug-likeness (QED) is 0.289. The molecule has 0 aliphatic carbocycles. The Balaban J connectivity index is 1.28. The van der Waals surface area contributed by atoms with Gasteiger partial charge in [-0.1, -0.05) is 30.3 Å². The maximum absolute atomic E-state index is 13.7. The Morgan fingerprint density at radius 3 is 2.58 bits per heavy atom. The highest BCUT2D eigenvalue weighted by molar-refractivity contribution is 5.99. The fourth-order valence-electron chi connectivity index (χ4n) is 5.19. The molecule has 11 heteroatoms. The van der Waals surface area contributed by atoms with Crippen LogP contribution in [0.25, 0.3) is 16.9 Å². The maximum atomic E-state index is 13.7. The number of anilines is 1. The van der Waals surface area contributed by atoms with Crippen molar-refractivity contribution < 1.29 is 33.3 Å². The molecule has 222 valence electrons. The molecule has 2 aliphatic heterocycles. The number of nitrogens with one attached hydrogen (secondary N) is 1. The van der Waals surface area contributed by atoms with Gasteiger partial charge in [0.1, 0.15) is 6.54 Å². The summed E-state index contributed by atoms with van der Waals surface area (Å²) >= 11 is 0. The van der Waals surface area contributed by atoms with Gasteiger partial charge in [0.15, 0.2) is 23.0 Å². The number of benzene rings is 3. The minimum Gasteiger partial charge on any atom is -0.493 e. The Hall–Kier alpha value is -5.03. The zero-order valence-corrected chi connectivity index (χ0v) is 23.9. The minimum absolute atomic E-state index is 0.104. The lowest BCUT2D eigenvalue weighted by Crippen LogP contribution is -2.42. The predicted molar refractivity (Wildman–Crippen MR) is 158 cm³/mol. The van der Waals surface area contributed by atoms with Crippen LogP contribution in [-0.4, -0.2) is 73.1 Å². The van der Waals surface area contributed by atoms with Gasteiger partial charge < -0.3 is 28.6 Å². The summed E-state index contributed by atoms with van der Waals surface area (Å²) in [5.41, 5.74) is 2.65. The molecule has 0 bridgehead atoms. The molecule has 0 saturated carbocycles. The number of amides is 2. The molecule has 2 amide bonds. The van der Waals surface area contributed by atoms with Crippen LogP contribution in [-0.2, 0) is 9.53 Å². The second-order valence-electron chi connectivity index (χ2n) is 10.2. The van der Waals surface area contributed by atoms with Gasteiger partial charge in [-0.2, -0.15) is 0 Å². The highest BCUT2D eigenvalue weighted by Crippen LogP contribution is 2.34. The van der Waals surface area contributed by atoms with Crippen LogP contribution in [0.3, 0.4) is 0 Å². The summed E-state index contributed by atoms with van der Waals surface area (Å²) in [6, 6.07) is 20.1. The van der Waals surface area contributed by atoms with Crippen molar-refractivity contribution in [3.63, 3.8) is 0 Å². The Morgan fingerprint density at radius 1 is 1.00 bits per heavy atom. The van der Waals surface area contributed by atoms with Crippen LogP contribution in [0.4, 0.5) is 5.95 Å². The van der Waals surface area contributed by atoms with E-state index in [2.05, 4.69) is 5.32 Å². The molecule has 1 atom stereocenters. The van der Waals surface area contributed by atoms with Gasteiger partial charge >= 0.3 is 0 Å². The molecule has 6 rings (SSSR count). The average Bonchev–Trinajstić information content (AvgIpc) is 3.82. The van der Waals surface area contributed by atoms with Crippen molar-refractivity contribution in [2.24, 2.45) is 0 Å². The molecule has 1 N–H and O–H groups in total. The molecule has 1 saturated heterocycles. The average molecular weight is 585 g/mol. The third kappa shape index (κ3) is 6.12. The molecule has 1 fully saturated rings. The Morgan fingerprint density at radius 2 is 1.81 bits per heavy atom. The zero-order valence-electron chi connectivity index (χ0n) is 23.9. The van der Waals surface area contributed by atoms with E-state index < -0.39 is 5.91 Å². The fraction of sp³-hybridized carbons (Fsp3) is 0.281. The molecule has 1 aromatic heterocycles. The molecule has 4 aromatic rings. The highest BCUT2D eigenvalue weighted by Gasteiger charge is 2.27. The summed E-state index contributed by atoms with van der Waals surface area (Å²) in [5, 5.41) is 2.93. The van der Waals surface area contributed by atoms with Crippen molar-refractivity contribution in [1.29, 1.82) is 0 Å². The summed E-state index contributed by atoms with van der Waals surface area (Å²) in [5.74, 6) is 1.77. The van der Waals surface area contributed by atoms with Crippen molar-refractivity contribution >= 4 is 17.8 Å². The molecule has 0 radical (unpaired) electrons. The standard InChI is InChI=1S/C32H32N4O7/c1-39-26-13-11-23(16-28(26)40-2)36-18-25(21-7-4-3-5-8-21)33-32(36)34-30(37)19-35(17-24-9-6-14-41-24)31(38)22-10-12-27-29(15-22)43-20-42-27/h3-5,7-8,10-13,15-16,18,24H,6,9,14,17,19-20H2,1-2H3,(H,33,34,37). The van der Waals surface area contributed by atoms with E-state index in [0.717, 1.165) is 18.4 Å². The molecule has 0 spiro atoms. The van der Waals surface area contributed by atoms with E-state index in [-0.39, 0.29) is 31.9 Å². The van der Waals surface area contributed by atoms with Gasteiger partial charge in [-0.05, 0) is 43.2 Å². The van der Waals surface area contributed by atoms with Gasteiger partial charge in [-0.25, -0.2) is 4.98 Å². The van der Waals surface area contributed by atoms with Gasteiger partial charge in [0.25, 0.3) is 5.91 Å². The van der Waals surface area contributed by atoms with E-state index >= 15 is 0 Å². The molecule has 3 aromatic carbocycles. The monoisotopic (exact) mass is 584 g/mol. The van der Waals surface area contributed by atoms with E-state index in [4.69, 9.17) is 28.7 Å². The number of carbonyl (C=O) groups excluding carboxylic acids is 2. The lowest BCUT2D eigenvalue weighted by molar-refractivity contribution is -0.117. The van der Waals surface area contributed by atoms with Crippen LogP contribution < -0.4 is 24.3 Å². The van der Waals surface area contributed by atoms with Crippen LogP contribution in [0.1, 0.15) is 23.2 Å². The number of hydrogen-bond acceptors (Lipinski definition) is 8. The summed E-state index contributed by atoms with van der Waals surface area (Å²) in [7, 11) is 3.13. The lowest BCUT2D eigenvalue weighted by atomic mass is 10.1. The molecule has 11 nitrogen and oxygen atoms in total. The van der Waals surface area contributed by atoms with Crippen LogP contribution in [0.2, 0.25) is 0 Å². The first kappa shape index (κ1) is 28.1. The summed E-state index contributed by atoms with van der Waals surface area (Å²) in [6.07, 6.45) is 3.42. The van der Waals surface area contributed by atoms with Crippen molar-refractivity contribution in [3.05, 3.63) is 78.5 Å². The minimum atomic E-state index is -0.404. The number of methoxy groups -OCH3 is 2. The van der Waals surface area contributed by atoms with E-state index in [1.807, 2.05) is 42.6 Å². The first-order chi connectivity index (χ1) is 21.0. The number of imidazole rings is 1. The number of fused-ring (bicyclic) bond motifs is 1. The van der Waals surface area contributed by atoms with E-state index in [1.165, 1.54) is 4.90 Å². The molecule has 3 heterocycles. The Kier molecular flexibility index (Phi) is 8.14. The van der Waals surface area contributed by atoms with Crippen LogP contribution >= 0.6 is 0 Å². The third-order valence-electron chi connectivity index (χ3n) is 7.36. The Bertz CT molecular complexity index is 1620. The summed E-state index contributed by atoms with van der Waals surface area (Å²) < 4.78 is 29.3. The molecule has 2 aliphatic rings. The zero-order chi connectivity index (χ0) is 29.8. The molecular weight excluding hydrogens is 552 g/mol. The number of ether oxygens (including phenoxy) is 5. The summed E-state index contributed by atoms with van der Waals surface area (Å²) in [6.45, 7) is 0.813. The van der Waals surface area contributed by atoms with Gasteiger partial charge in [-0.3, -0.25) is 19.5 Å². The van der Waals surface area contributed by atoms with E-state index in [1.54, 1.807) is 49.1 Å². The van der Waals surface area contributed by atoms with E-state index in [0.29, 0.717) is 52.5 Å². The largest absolute Gasteiger partial charge is 0.493 e. The van der Waals surface area contributed by atoms with Crippen molar-refractivity contribution in [2.75, 3.05) is 46.0 Å². The van der Waals surface area contributed by atoms with E-state index in [9.17, 15) is 9.59 Å². The highest BCUT2D eigenvalue weighted by atomic mass is 16.7. The molecular formula is C32H32N4O7. The number of hydrogen-bond donors (Lipinski definition) is 1. The smallest absolute Gasteiger partial charge is 0.254 e. The van der Waals surface area contributed by atoms with Crippen LogP contribution in [0.5, 0.6) is 23.0 Å². The summed E-state index contributed by atoms with van der Waals surface area (Å²) in [4.78, 5) is 33.5. The Labute approximate surface area is 248 Å². The van der Waals surface area contributed by atoms with Gasteiger partial charge in [0, 0.05) is 36.5 Å². The first-order valence-electron chi connectivity index (χ1n) is 14.0. The van der Waals surface area contributed by atoms with Crippen molar-refractivity contribution in [3.8, 4) is 39.9 Å². The topological polar surface area (TPSA) is 113 Å². The predicted octanol–water partition coefficient (Wildman–Crippen LogP) is 4.55. The molecule has 1 unspecified atom stereocenters. The fourth-order valence-corrected chi connectivity index (χ4v) is 5.19. The van der Waals surface area contributed by atoms with Crippen molar-refractivity contribution in [1.82, 2.24) is 14.5 Å². The van der Waals surface area contributed by atoms with Crippen LogP contribution in [0, 0.1) is 0 Å². The second-order valence-corrected chi connectivity index (χ2v) is 10.2. The lowest BCUT2D eigenvalue weighted by Gasteiger charge is -2.25. The number of nitrogens with zero attached hydrogens (tertiary/aromatic N) is 3. The second kappa shape index (κ2) is 12.5. The van der Waals surface area contributed by atoms with Gasteiger partial charge in [0.05, 0.1) is 31.7 Å². The van der Waals surface area contributed by atoms with Crippen LogP contribution in [0.15, 0.2) is 72.9 Å².